The van der Waals surface area contributed by atoms with E-state index in [2.05, 4.69) is 5.32 Å². The third-order valence-corrected chi connectivity index (χ3v) is 3.33. The molecule has 1 amide bonds. The summed E-state index contributed by atoms with van der Waals surface area (Å²) in [5, 5.41) is 12.4. The first-order valence-electron chi connectivity index (χ1n) is 6.80. The van der Waals surface area contributed by atoms with Crippen LogP contribution in [0, 0.1) is 0 Å². The lowest BCUT2D eigenvalue weighted by atomic mass is 10.0. The number of aryl methyl sites for hydroxylation is 1. The Hall–Kier alpha value is -2.13. The van der Waals surface area contributed by atoms with E-state index in [9.17, 15) is 9.90 Å². The first kappa shape index (κ1) is 14.3. The molecule has 0 radical (unpaired) electrons. The van der Waals surface area contributed by atoms with E-state index in [-0.39, 0.29) is 18.6 Å². The minimum atomic E-state index is -0.381. The molecule has 2 rings (SSSR count). The van der Waals surface area contributed by atoms with Crippen molar-refractivity contribution in [3.63, 3.8) is 0 Å². The highest BCUT2D eigenvalue weighted by Crippen LogP contribution is 2.15. The summed E-state index contributed by atoms with van der Waals surface area (Å²) in [6.45, 7) is 1.90. The van der Waals surface area contributed by atoms with E-state index in [1.54, 1.807) is 0 Å². The Balaban J connectivity index is 2.18. The Morgan fingerprint density at radius 2 is 1.75 bits per heavy atom. The Kier molecular flexibility index (Phi) is 4.91. The summed E-state index contributed by atoms with van der Waals surface area (Å²) < 4.78 is 0. The Morgan fingerprint density at radius 1 is 1.10 bits per heavy atom. The van der Waals surface area contributed by atoms with Gasteiger partial charge in [0.25, 0.3) is 5.91 Å². The number of nitrogens with one attached hydrogen (secondary N) is 1. The zero-order valence-corrected chi connectivity index (χ0v) is 11.5. The van der Waals surface area contributed by atoms with Crippen LogP contribution in [0.25, 0.3) is 0 Å². The van der Waals surface area contributed by atoms with Crippen molar-refractivity contribution < 1.29 is 9.90 Å². The van der Waals surface area contributed by atoms with Gasteiger partial charge in [-0.15, -0.1) is 0 Å². The summed E-state index contributed by atoms with van der Waals surface area (Å²) in [5.74, 6) is -0.148. The van der Waals surface area contributed by atoms with Crippen LogP contribution in [0.1, 0.15) is 34.5 Å². The molecule has 1 atom stereocenters. The summed E-state index contributed by atoms with van der Waals surface area (Å²) in [6, 6.07) is 16.6. The van der Waals surface area contributed by atoms with E-state index in [0.29, 0.717) is 5.56 Å². The minimum Gasteiger partial charge on any atom is -0.394 e. The zero-order valence-electron chi connectivity index (χ0n) is 11.5. The second kappa shape index (κ2) is 6.87. The minimum absolute atomic E-state index is 0.121. The molecule has 104 valence electrons. The molecule has 3 heteroatoms. The first-order valence-corrected chi connectivity index (χ1v) is 6.80. The summed E-state index contributed by atoms with van der Waals surface area (Å²) in [5.41, 5.74) is 2.58. The molecule has 2 aromatic rings. The van der Waals surface area contributed by atoms with E-state index < -0.39 is 0 Å². The molecule has 0 aliphatic rings. The smallest absolute Gasteiger partial charge is 0.252 e. The lowest BCUT2D eigenvalue weighted by Crippen LogP contribution is -2.31. The molecule has 0 aromatic heterocycles. The Labute approximate surface area is 119 Å². The van der Waals surface area contributed by atoms with Crippen molar-refractivity contribution in [1.29, 1.82) is 0 Å². The van der Waals surface area contributed by atoms with E-state index in [4.69, 9.17) is 0 Å². The molecular weight excluding hydrogens is 250 g/mol. The molecule has 2 aromatic carbocycles. The number of aliphatic hydroxyl groups is 1. The number of aliphatic hydroxyl groups excluding tert-OH is 1. The van der Waals surface area contributed by atoms with Crippen molar-refractivity contribution in [3.8, 4) is 0 Å². The van der Waals surface area contributed by atoms with Gasteiger partial charge in [-0.25, -0.2) is 0 Å². The summed E-state index contributed by atoms with van der Waals surface area (Å²) >= 11 is 0. The van der Waals surface area contributed by atoms with Crippen LogP contribution in [-0.2, 0) is 6.42 Å². The van der Waals surface area contributed by atoms with Crippen LogP contribution in [0.4, 0.5) is 0 Å². The highest BCUT2D eigenvalue weighted by Gasteiger charge is 2.16. The highest BCUT2D eigenvalue weighted by molar-refractivity contribution is 5.95. The molecule has 0 aliphatic carbocycles. The van der Waals surface area contributed by atoms with Crippen LogP contribution >= 0.6 is 0 Å². The maximum absolute atomic E-state index is 12.3. The summed E-state index contributed by atoms with van der Waals surface area (Å²) in [6.07, 6.45) is 0.804. The third-order valence-electron chi connectivity index (χ3n) is 3.33. The molecule has 0 bridgehead atoms. The van der Waals surface area contributed by atoms with Crippen LogP contribution in [0.3, 0.4) is 0 Å². The molecular formula is C17H19NO2. The predicted molar refractivity (Wildman–Crippen MR) is 79.6 cm³/mol. The van der Waals surface area contributed by atoms with Crippen LogP contribution in [0.15, 0.2) is 54.6 Å². The normalized spacial score (nSPS) is 11.9. The Bertz CT molecular complexity index is 566. The summed E-state index contributed by atoms with van der Waals surface area (Å²) in [7, 11) is 0. The maximum Gasteiger partial charge on any atom is 0.252 e. The average Bonchev–Trinajstić information content (AvgIpc) is 2.53. The van der Waals surface area contributed by atoms with Gasteiger partial charge in [-0.1, -0.05) is 55.5 Å². The van der Waals surface area contributed by atoms with Crippen molar-refractivity contribution in [2.75, 3.05) is 6.61 Å². The number of hydrogen-bond donors (Lipinski definition) is 2. The lowest BCUT2D eigenvalue weighted by molar-refractivity contribution is 0.0915. The molecule has 0 saturated carbocycles. The van der Waals surface area contributed by atoms with E-state index in [1.807, 2.05) is 61.5 Å². The van der Waals surface area contributed by atoms with Crippen LogP contribution in [0.5, 0.6) is 0 Å². The predicted octanol–water partition coefficient (Wildman–Crippen LogP) is 2.71. The van der Waals surface area contributed by atoms with E-state index >= 15 is 0 Å². The van der Waals surface area contributed by atoms with Crippen LogP contribution in [0.2, 0.25) is 0 Å². The fourth-order valence-electron chi connectivity index (χ4n) is 2.21. The zero-order chi connectivity index (χ0) is 14.4. The summed E-state index contributed by atoms with van der Waals surface area (Å²) in [4.78, 5) is 12.3. The van der Waals surface area contributed by atoms with Gasteiger partial charge < -0.3 is 10.4 Å². The van der Waals surface area contributed by atoms with Gasteiger partial charge in [0.2, 0.25) is 0 Å². The number of rotatable bonds is 5. The topological polar surface area (TPSA) is 49.3 Å². The SMILES string of the molecule is CCc1ccccc1C(=O)N[C@H](CO)c1ccccc1. The van der Waals surface area contributed by atoms with Gasteiger partial charge in [0.1, 0.15) is 0 Å². The number of carbonyl (C=O) groups excluding carboxylic acids is 1. The van der Waals surface area contributed by atoms with Gasteiger partial charge in [0, 0.05) is 5.56 Å². The van der Waals surface area contributed by atoms with E-state index in [1.165, 1.54) is 0 Å². The van der Waals surface area contributed by atoms with Crippen molar-refractivity contribution in [1.82, 2.24) is 5.32 Å². The van der Waals surface area contributed by atoms with Crippen LogP contribution in [-0.4, -0.2) is 17.6 Å². The molecule has 20 heavy (non-hydrogen) atoms. The molecule has 0 heterocycles. The van der Waals surface area contributed by atoms with Gasteiger partial charge in [0.15, 0.2) is 0 Å². The highest BCUT2D eigenvalue weighted by atomic mass is 16.3. The first-order chi connectivity index (χ1) is 9.76. The average molecular weight is 269 g/mol. The van der Waals surface area contributed by atoms with Gasteiger partial charge in [-0.05, 0) is 23.6 Å². The van der Waals surface area contributed by atoms with Crippen molar-refractivity contribution in [2.24, 2.45) is 0 Å². The fourth-order valence-corrected chi connectivity index (χ4v) is 2.21. The number of amides is 1. The molecule has 0 spiro atoms. The second-order valence-corrected chi connectivity index (χ2v) is 4.63. The number of carbonyl (C=O) groups is 1. The van der Waals surface area contributed by atoms with Gasteiger partial charge >= 0.3 is 0 Å². The second-order valence-electron chi connectivity index (χ2n) is 4.63. The van der Waals surface area contributed by atoms with Gasteiger partial charge in [-0.2, -0.15) is 0 Å². The molecule has 0 unspecified atom stereocenters. The third kappa shape index (κ3) is 3.25. The van der Waals surface area contributed by atoms with Crippen molar-refractivity contribution in [3.05, 3.63) is 71.3 Å². The number of benzene rings is 2. The largest absolute Gasteiger partial charge is 0.394 e. The molecule has 2 N–H and O–H groups in total. The Morgan fingerprint density at radius 3 is 2.40 bits per heavy atom. The quantitative estimate of drug-likeness (QED) is 0.876. The monoisotopic (exact) mass is 269 g/mol. The van der Waals surface area contributed by atoms with Crippen molar-refractivity contribution in [2.45, 2.75) is 19.4 Å². The van der Waals surface area contributed by atoms with Gasteiger partial charge in [-0.3, -0.25) is 4.79 Å². The maximum atomic E-state index is 12.3. The lowest BCUT2D eigenvalue weighted by Gasteiger charge is -2.17. The molecule has 0 fully saturated rings. The van der Waals surface area contributed by atoms with Crippen molar-refractivity contribution >= 4 is 5.91 Å². The van der Waals surface area contributed by atoms with Gasteiger partial charge in [0.05, 0.1) is 12.6 Å². The number of hydrogen-bond acceptors (Lipinski definition) is 2. The van der Waals surface area contributed by atoms with Crippen LogP contribution < -0.4 is 5.32 Å². The molecule has 0 saturated heterocycles. The standard InChI is InChI=1S/C17H19NO2/c1-2-13-8-6-7-11-15(13)17(20)18-16(12-19)14-9-4-3-5-10-14/h3-11,16,19H,2,12H2,1H3,(H,18,20)/t16-/m1/s1. The fraction of sp³-hybridized carbons (Fsp3) is 0.235. The molecule has 3 nitrogen and oxygen atoms in total. The van der Waals surface area contributed by atoms with E-state index in [0.717, 1.165) is 17.5 Å². The molecule has 0 aliphatic heterocycles.